The van der Waals surface area contributed by atoms with Gasteiger partial charge in [0, 0.05) is 29.8 Å². The molecule has 0 saturated carbocycles. The normalized spacial score (nSPS) is 17.6. The van der Waals surface area contributed by atoms with Crippen LogP contribution in [0, 0.1) is 6.92 Å². The third-order valence-corrected chi connectivity index (χ3v) is 4.76. The number of nitrogens with one attached hydrogen (secondary N) is 1. The molecule has 1 amide bonds. The lowest BCUT2D eigenvalue weighted by Gasteiger charge is -2.23. The van der Waals surface area contributed by atoms with E-state index in [-0.39, 0.29) is 17.7 Å². The summed E-state index contributed by atoms with van der Waals surface area (Å²) >= 11 is 0. The fraction of sp³-hybridized carbons (Fsp3) is 0.500. The molecule has 6 heteroatoms. The summed E-state index contributed by atoms with van der Waals surface area (Å²) in [5.74, 6) is -0.209. The summed E-state index contributed by atoms with van der Waals surface area (Å²) in [5.41, 5.74) is 7.14. The maximum absolute atomic E-state index is 12.2. The summed E-state index contributed by atoms with van der Waals surface area (Å²) in [6.07, 6.45) is 1.63. The smallest absolute Gasteiger partial charge is 0.233 e. The van der Waals surface area contributed by atoms with Gasteiger partial charge in [-0.15, -0.1) is 0 Å². The molecule has 0 spiro atoms. The minimum atomic E-state index is -1.36. The van der Waals surface area contributed by atoms with Gasteiger partial charge >= 0.3 is 0 Å². The van der Waals surface area contributed by atoms with E-state index >= 15 is 0 Å². The summed E-state index contributed by atoms with van der Waals surface area (Å²) in [7, 11) is -1.36. The van der Waals surface area contributed by atoms with Crippen LogP contribution in [0.4, 0.5) is 5.69 Å². The highest BCUT2D eigenvalue weighted by Crippen LogP contribution is 2.17. The molecule has 1 aromatic carbocycles. The summed E-state index contributed by atoms with van der Waals surface area (Å²) in [6, 6.07) is 5.39. The van der Waals surface area contributed by atoms with Crippen molar-refractivity contribution in [3.05, 3.63) is 23.8 Å². The number of rotatable bonds is 4. The maximum atomic E-state index is 12.2. The first-order valence-corrected chi connectivity index (χ1v) is 8.00. The Balaban J connectivity index is 1.93. The van der Waals surface area contributed by atoms with E-state index in [0.717, 1.165) is 18.4 Å². The van der Waals surface area contributed by atoms with Gasteiger partial charge in [0.15, 0.2) is 0 Å². The standard InChI is InChI=1S/C14H20N2O3S/c1-10-2-3-11(15)8-13(10)20(18)9-14(17)16-12-4-6-19-7-5-12/h2-3,8,12H,4-7,9,15H2,1H3,(H,16,17). The van der Waals surface area contributed by atoms with E-state index in [0.29, 0.717) is 23.8 Å². The van der Waals surface area contributed by atoms with Gasteiger partial charge in [-0.3, -0.25) is 9.00 Å². The fourth-order valence-electron chi connectivity index (χ4n) is 2.17. The highest BCUT2D eigenvalue weighted by Gasteiger charge is 2.18. The molecule has 0 aliphatic carbocycles. The number of carbonyl (C=O) groups excluding carboxylic acids is 1. The third-order valence-electron chi connectivity index (χ3n) is 3.31. The van der Waals surface area contributed by atoms with E-state index in [9.17, 15) is 9.00 Å². The third kappa shape index (κ3) is 4.05. The lowest BCUT2D eigenvalue weighted by molar-refractivity contribution is -0.119. The molecule has 2 rings (SSSR count). The second-order valence-corrected chi connectivity index (χ2v) is 6.39. The van der Waals surface area contributed by atoms with Crippen LogP contribution >= 0.6 is 0 Å². The average Bonchev–Trinajstić information content (AvgIpc) is 2.42. The van der Waals surface area contributed by atoms with E-state index in [1.165, 1.54) is 0 Å². The molecule has 0 bridgehead atoms. The van der Waals surface area contributed by atoms with E-state index in [1.807, 2.05) is 13.0 Å². The Kier molecular flexibility index (Phi) is 5.14. The molecular weight excluding hydrogens is 276 g/mol. The summed E-state index contributed by atoms with van der Waals surface area (Å²) in [4.78, 5) is 12.5. The monoisotopic (exact) mass is 296 g/mol. The Bertz CT molecular complexity index is 513. The Hall–Kier alpha value is -1.40. The van der Waals surface area contributed by atoms with Crippen molar-refractivity contribution in [1.29, 1.82) is 0 Å². The van der Waals surface area contributed by atoms with Crippen molar-refractivity contribution in [2.45, 2.75) is 30.7 Å². The molecule has 20 heavy (non-hydrogen) atoms. The van der Waals surface area contributed by atoms with E-state index in [1.54, 1.807) is 12.1 Å². The average molecular weight is 296 g/mol. The quantitative estimate of drug-likeness (QED) is 0.812. The van der Waals surface area contributed by atoms with Gasteiger partial charge in [0.25, 0.3) is 0 Å². The molecule has 5 nitrogen and oxygen atoms in total. The van der Waals surface area contributed by atoms with Gasteiger partial charge in [-0.05, 0) is 37.5 Å². The maximum Gasteiger partial charge on any atom is 0.233 e. The van der Waals surface area contributed by atoms with Gasteiger partial charge in [-0.1, -0.05) is 6.07 Å². The zero-order valence-corrected chi connectivity index (χ0v) is 12.4. The Morgan fingerprint density at radius 2 is 2.15 bits per heavy atom. The molecule has 1 fully saturated rings. The number of aryl methyl sites for hydroxylation is 1. The topological polar surface area (TPSA) is 81.4 Å². The molecule has 1 heterocycles. The van der Waals surface area contributed by atoms with Crippen LogP contribution in [0.3, 0.4) is 0 Å². The zero-order valence-electron chi connectivity index (χ0n) is 11.6. The number of carbonyl (C=O) groups is 1. The number of benzene rings is 1. The molecule has 1 saturated heterocycles. The Morgan fingerprint density at radius 1 is 1.45 bits per heavy atom. The van der Waals surface area contributed by atoms with Crippen LogP contribution in [0.5, 0.6) is 0 Å². The van der Waals surface area contributed by atoms with Crippen molar-refractivity contribution < 1.29 is 13.7 Å². The van der Waals surface area contributed by atoms with Crippen molar-refractivity contribution in [3.8, 4) is 0 Å². The van der Waals surface area contributed by atoms with E-state index in [2.05, 4.69) is 5.32 Å². The second-order valence-electron chi connectivity index (χ2n) is 4.97. The van der Waals surface area contributed by atoms with Crippen molar-refractivity contribution >= 4 is 22.4 Å². The van der Waals surface area contributed by atoms with Crippen LogP contribution in [0.2, 0.25) is 0 Å². The van der Waals surface area contributed by atoms with Crippen molar-refractivity contribution in [1.82, 2.24) is 5.32 Å². The number of hydrogen-bond donors (Lipinski definition) is 2. The molecule has 1 aliphatic heterocycles. The highest BCUT2D eigenvalue weighted by molar-refractivity contribution is 7.85. The number of nitrogen functional groups attached to an aromatic ring is 1. The number of nitrogens with two attached hydrogens (primary N) is 1. The predicted molar refractivity (Wildman–Crippen MR) is 78.9 cm³/mol. The van der Waals surface area contributed by atoms with Crippen LogP contribution in [0.15, 0.2) is 23.1 Å². The lowest BCUT2D eigenvalue weighted by atomic mass is 10.1. The number of amides is 1. The molecule has 1 aliphatic rings. The van der Waals surface area contributed by atoms with Gasteiger partial charge in [0.2, 0.25) is 5.91 Å². The summed E-state index contributed by atoms with van der Waals surface area (Å²) in [6.45, 7) is 3.20. The minimum Gasteiger partial charge on any atom is -0.399 e. The van der Waals surface area contributed by atoms with Crippen molar-refractivity contribution in [2.24, 2.45) is 0 Å². The molecule has 1 aromatic rings. The van der Waals surface area contributed by atoms with Crippen LogP contribution in [-0.2, 0) is 20.3 Å². The van der Waals surface area contributed by atoms with Gasteiger partial charge < -0.3 is 15.8 Å². The van der Waals surface area contributed by atoms with E-state index < -0.39 is 10.8 Å². The van der Waals surface area contributed by atoms with Gasteiger partial charge in [-0.2, -0.15) is 0 Å². The molecule has 0 aromatic heterocycles. The first-order valence-electron chi connectivity index (χ1n) is 6.68. The predicted octanol–water partition coefficient (Wildman–Crippen LogP) is 0.980. The molecular formula is C14H20N2O3S. The fourth-order valence-corrected chi connectivity index (χ4v) is 3.34. The van der Waals surface area contributed by atoms with E-state index in [4.69, 9.17) is 10.5 Å². The van der Waals surface area contributed by atoms with Gasteiger partial charge in [0.05, 0.1) is 10.8 Å². The van der Waals surface area contributed by atoms with Crippen LogP contribution in [-0.4, -0.2) is 35.1 Å². The molecule has 1 atom stereocenters. The van der Waals surface area contributed by atoms with Crippen LogP contribution in [0.25, 0.3) is 0 Å². The van der Waals surface area contributed by atoms with Crippen LogP contribution < -0.4 is 11.1 Å². The molecule has 1 unspecified atom stereocenters. The highest BCUT2D eigenvalue weighted by atomic mass is 32.2. The first kappa shape index (κ1) is 15.0. The van der Waals surface area contributed by atoms with Crippen molar-refractivity contribution in [3.63, 3.8) is 0 Å². The molecule has 0 radical (unpaired) electrons. The second kappa shape index (κ2) is 6.85. The van der Waals surface area contributed by atoms with Gasteiger partial charge in [-0.25, -0.2) is 0 Å². The first-order chi connectivity index (χ1) is 9.56. The Labute approximate surface area is 121 Å². The number of ether oxygens (including phenoxy) is 1. The number of hydrogen-bond acceptors (Lipinski definition) is 4. The number of anilines is 1. The minimum absolute atomic E-state index is 0.0261. The summed E-state index contributed by atoms with van der Waals surface area (Å²) < 4.78 is 17.5. The van der Waals surface area contributed by atoms with Gasteiger partial charge in [0.1, 0.15) is 5.75 Å². The SMILES string of the molecule is Cc1ccc(N)cc1S(=O)CC(=O)NC1CCOCC1. The largest absolute Gasteiger partial charge is 0.399 e. The summed E-state index contributed by atoms with van der Waals surface area (Å²) in [5, 5.41) is 2.91. The molecule has 3 N–H and O–H groups in total. The zero-order chi connectivity index (χ0) is 14.5. The van der Waals surface area contributed by atoms with Crippen molar-refractivity contribution in [2.75, 3.05) is 24.7 Å². The molecule has 110 valence electrons. The Morgan fingerprint density at radius 3 is 2.85 bits per heavy atom. The van der Waals surface area contributed by atoms with Crippen LogP contribution in [0.1, 0.15) is 18.4 Å². The lowest BCUT2D eigenvalue weighted by Crippen LogP contribution is -2.40.